The molecule has 0 aliphatic carbocycles. The minimum Gasteiger partial charge on any atom is -0.454 e. The average Bonchev–Trinajstić information content (AvgIpc) is 2.35. The van der Waals surface area contributed by atoms with Crippen LogP contribution in [0.15, 0.2) is 42.5 Å². The molecule has 0 aromatic heterocycles. The van der Waals surface area contributed by atoms with Gasteiger partial charge >= 0.3 is 0 Å². The van der Waals surface area contributed by atoms with E-state index in [0.717, 1.165) is 5.56 Å². The van der Waals surface area contributed by atoms with E-state index in [1.54, 1.807) is 18.2 Å². The maximum atomic E-state index is 6.14. The smallest absolute Gasteiger partial charge is 0.169 e. The summed E-state index contributed by atoms with van der Waals surface area (Å²) in [6.07, 6.45) is 0. The topological polar surface area (TPSA) is 47.3 Å². The molecule has 0 aliphatic heterocycles. The lowest BCUT2D eigenvalue weighted by molar-refractivity contribution is 0.485. The molecule has 2 aromatic carbocycles. The molecule has 3 N–H and O–H groups in total. The van der Waals surface area contributed by atoms with Crippen LogP contribution in [0.1, 0.15) is 5.56 Å². The summed E-state index contributed by atoms with van der Waals surface area (Å²) < 4.78 is 5.79. The van der Waals surface area contributed by atoms with E-state index in [1.165, 1.54) is 0 Å². The largest absolute Gasteiger partial charge is 0.454 e. The van der Waals surface area contributed by atoms with E-state index in [9.17, 15) is 0 Å². The summed E-state index contributed by atoms with van der Waals surface area (Å²) in [7, 11) is 0. The number of nitrogens with one attached hydrogen (secondary N) is 1. The summed E-state index contributed by atoms with van der Waals surface area (Å²) >= 11 is 11.0. The number of rotatable bonds is 3. The van der Waals surface area contributed by atoms with Gasteiger partial charge in [-0.05, 0) is 43.4 Å². The second-order valence-corrected chi connectivity index (χ2v) is 4.87. The van der Waals surface area contributed by atoms with Gasteiger partial charge in [0.25, 0.3) is 0 Å². The maximum absolute atomic E-state index is 6.14. The first-order valence-corrected chi connectivity index (χ1v) is 6.44. The number of benzene rings is 2. The zero-order chi connectivity index (χ0) is 13.8. The lowest BCUT2D eigenvalue weighted by Gasteiger charge is -2.13. The predicted octanol–water partition coefficient (Wildman–Crippen LogP) is 4.10. The second-order valence-electron chi connectivity index (χ2n) is 4.02. The van der Waals surface area contributed by atoms with E-state index < -0.39 is 0 Å². The monoisotopic (exact) mass is 292 g/mol. The van der Waals surface area contributed by atoms with Gasteiger partial charge in [0.05, 0.1) is 10.7 Å². The molecule has 19 heavy (non-hydrogen) atoms. The van der Waals surface area contributed by atoms with Crippen molar-refractivity contribution in [1.29, 1.82) is 0 Å². The normalized spacial score (nSPS) is 10.0. The van der Waals surface area contributed by atoms with Gasteiger partial charge in [0.2, 0.25) is 0 Å². The van der Waals surface area contributed by atoms with Gasteiger partial charge in [-0.25, -0.2) is 0 Å². The zero-order valence-electron chi connectivity index (χ0n) is 10.3. The Labute approximate surface area is 122 Å². The Balaban J connectivity index is 2.32. The Hall–Kier alpha value is -1.78. The third-order valence-electron chi connectivity index (χ3n) is 2.47. The summed E-state index contributed by atoms with van der Waals surface area (Å²) in [4.78, 5) is 0. The number of nitrogens with two attached hydrogens (primary N) is 1. The van der Waals surface area contributed by atoms with Crippen LogP contribution in [-0.2, 0) is 0 Å². The van der Waals surface area contributed by atoms with Crippen molar-refractivity contribution in [3.8, 4) is 11.5 Å². The average molecular weight is 293 g/mol. The van der Waals surface area contributed by atoms with Crippen LogP contribution < -0.4 is 15.8 Å². The van der Waals surface area contributed by atoms with E-state index in [1.807, 2.05) is 31.2 Å². The Morgan fingerprint density at radius 2 is 1.89 bits per heavy atom. The minimum absolute atomic E-state index is 0.163. The Bertz CT molecular complexity index is 599. The summed E-state index contributed by atoms with van der Waals surface area (Å²) in [5, 5.41) is 3.50. The first-order valence-electron chi connectivity index (χ1n) is 5.66. The summed E-state index contributed by atoms with van der Waals surface area (Å²) in [5.74, 6) is 1.20. The molecule has 0 saturated carbocycles. The van der Waals surface area contributed by atoms with Crippen molar-refractivity contribution >= 4 is 34.6 Å². The van der Waals surface area contributed by atoms with Crippen LogP contribution >= 0.6 is 23.8 Å². The summed E-state index contributed by atoms with van der Waals surface area (Å²) in [6, 6.07) is 13.0. The van der Waals surface area contributed by atoms with E-state index in [4.69, 9.17) is 34.3 Å². The van der Waals surface area contributed by atoms with Gasteiger partial charge in [-0.3, -0.25) is 0 Å². The van der Waals surface area contributed by atoms with E-state index in [-0.39, 0.29) is 5.11 Å². The molecule has 0 aliphatic rings. The lowest BCUT2D eigenvalue weighted by atomic mass is 10.2. The van der Waals surface area contributed by atoms with Crippen LogP contribution in [0.25, 0.3) is 0 Å². The van der Waals surface area contributed by atoms with Crippen molar-refractivity contribution in [1.82, 2.24) is 0 Å². The van der Waals surface area contributed by atoms with Crippen LogP contribution in [0.4, 0.5) is 5.69 Å². The van der Waals surface area contributed by atoms with Gasteiger partial charge in [0, 0.05) is 0 Å². The molecule has 5 heteroatoms. The number of para-hydroxylation sites is 1. The highest BCUT2D eigenvalue weighted by atomic mass is 35.5. The minimum atomic E-state index is 0.163. The fraction of sp³-hybridized carbons (Fsp3) is 0.0714. The van der Waals surface area contributed by atoms with Crippen molar-refractivity contribution < 1.29 is 4.74 Å². The van der Waals surface area contributed by atoms with Gasteiger partial charge < -0.3 is 15.8 Å². The lowest BCUT2D eigenvalue weighted by Crippen LogP contribution is -2.19. The van der Waals surface area contributed by atoms with Crippen molar-refractivity contribution in [3.05, 3.63) is 53.1 Å². The molecule has 0 bridgehead atoms. The highest BCUT2D eigenvalue weighted by molar-refractivity contribution is 7.80. The third kappa shape index (κ3) is 3.59. The Morgan fingerprint density at radius 1 is 1.21 bits per heavy atom. The SMILES string of the molecule is Cc1ccc(Oc2c(Cl)cccc2NC(N)=S)cc1. The van der Waals surface area contributed by atoms with Gasteiger partial charge in [-0.15, -0.1) is 0 Å². The molecule has 0 radical (unpaired) electrons. The quantitative estimate of drug-likeness (QED) is 0.836. The third-order valence-corrected chi connectivity index (χ3v) is 2.87. The maximum Gasteiger partial charge on any atom is 0.169 e. The number of thiocarbonyl (C=S) groups is 1. The number of hydrogen-bond acceptors (Lipinski definition) is 2. The molecule has 2 aromatic rings. The van der Waals surface area contributed by atoms with Gasteiger partial charge in [0.1, 0.15) is 5.75 Å². The van der Waals surface area contributed by atoms with Crippen molar-refractivity contribution in [2.75, 3.05) is 5.32 Å². The molecule has 98 valence electrons. The highest BCUT2D eigenvalue weighted by Gasteiger charge is 2.10. The van der Waals surface area contributed by atoms with Gasteiger partial charge in [-0.1, -0.05) is 35.4 Å². The van der Waals surface area contributed by atoms with E-state index >= 15 is 0 Å². The van der Waals surface area contributed by atoms with Crippen LogP contribution in [0.5, 0.6) is 11.5 Å². The number of aryl methyl sites for hydroxylation is 1. The standard InChI is InChI=1S/C14H13ClN2OS/c1-9-5-7-10(8-6-9)18-13-11(15)3-2-4-12(13)17-14(16)19/h2-8H,1H3,(H3,16,17,19). The molecule has 0 saturated heterocycles. The number of hydrogen-bond donors (Lipinski definition) is 2. The molecule has 0 atom stereocenters. The fourth-order valence-electron chi connectivity index (χ4n) is 1.57. The molecule has 0 fully saturated rings. The number of anilines is 1. The molecule has 0 unspecified atom stereocenters. The van der Waals surface area contributed by atoms with E-state index in [2.05, 4.69) is 5.32 Å². The molecule has 0 spiro atoms. The Kier molecular flexibility index (Phi) is 4.24. The van der Waals surface area contributed by atoms with Crippen LogP contribution in [0.3, 0.4) is 0 Å². The molecule has 3 nitrogen and oxygen atoms in total. The van der Waals surface area contributed by atoms with Crippen LogP contribution in [-0.4, -0.2) is 5.11 Å². The first-order chi connectivity index (χ1) is 9.06. The summed E-state index contributed by atoms with van der Waals surface area (Å²) in [6.45, 7) is 2.01. The highest BCUT2D eigenvalue weighted by Crippen LogP contribution is 2.36. The van der Waals surface area contributed by atoms with Gasteiger partial charge in [-0.2, -0.15) is 0 Å². The predicted molar refractivity (Wildman–Crippen MR) is 83.1 cm³/mol. The first kappa shape index (κ1) is 13.6. The van der Waals surface area contributed by atoms with E-state index in [0.29, 0.717) is 22.2 Å². The zero-order valence-corrected chi connectivity index (χ0v) is 11.9. The molecular weight excluding hydrogens is 280 g/mol. The van der Waals surface area contributed by atoms with Crippen molar-refractivity contribution in [3.63, 3.8) is 0 Å². The van der Waals surface area contributed by atoms with Crippen molar-refractivity contribution in [2.45, 2.75) is 6.92 Å². The van der Waals surface area contributed by atoms with Crippen molar-refractivity contribution in [2.24, 2.45) is 5.73 Å². The number of halogens is 1. The van der Waals surface area contributed by atoms with Crippen LogP contribution in [0, 0.1) is 6.92 Å². The number of ether oxygens (including phenoxy) is 1. The van der Waals surface area contributed by atoms with Crippen LogP contribution in [0.2, 0.25) is 5.02 Å². The van der Waals surface area contributed by atoms with Gasteiger partial charge in [0.15, 0.2) is 10.9 Å². The second kappa shape index (κ2) is 5.91. The Morgan fingerprint density at radius 3 is 2.53 bits per heavy atom. The molecule has 0 amide bonds. The molecule has 2 rings (SSSR count). The molecular formula is C14H13ClN2OS. The molecule has 0 heterocycles. The summed E-state index contributed by atoms with van der Waals surface area (Å²) in [5.41, 5.74) is 7.28. The fourth-order valence-corrected chi connectivity index (χ4v) is 1.89.